The Morgan fingerprint density at radius 1 is 1.24 bits per heavy atom. The number of halogens is 1. The van der Waals surface area contributed by atoms with Gasteiger partial charge in [-0.2, -0.15) is 0 Å². The van der Waals surface area contributed by atoms with Crippen LogP contribution >= 0.6 is 27.3 Å². The lowest BCUT2D eigenvalue weighted by molar-refractivity contribution is 0.101. The number of carbonyl (C=O) groups is 1. The Kier molecular flexibility index (Phi) is 4.08. The fourth-order valence-corrected chi connectivity index (χ4v) is 3.49. The molecule has 0 N–H and O–H groups in total. The lowest BCUT2D eigenvalue weighted by atomic mass is 10.1. The number of Topliss-reactive ketones (excluding diaryl/α,β-unsaturated/α-hetero) is 1. The molecule has 0 amide bonds. The third-order valence-electron chi connectivity index (χ3n) is 3.27. The van der Waals surface area contributed by atoms with E-state index in [1.165, 1.54) is 10.1 Å². The average molecular weight is 361 g/mol. The van der Waals surface area contributed by atoms with Gasteiger partial charge in [0, 0.05) is 14.7 Å². The summed E-state index contributed by atoms with van der Waals surface area (Å²) in [6.45, 7) is 2.01. The van der Waals surface area contributed by atoms with Crippen molar-refractivity contribution in [1.29, 1.82) is 0 Å². The second-order valence-corrected chi connectivity index (χ2v) is 6.57. The summed E-state index contributed by atoms with van der Waals surface area (Å²) in [7, 11) is 0. The third kappa shape index (κ3) is 3.01. The SMILES string of the molecule is CC(=O)c1ccc(Br)cc1OCc1csc2ccccc12. The van der Waals surface area contributed by atoms with E-state index in [1.54, 1.807) is 24.3 Å². The van der Waals surface area contributed by atoms with E-state index < -0.39 is 0 Å². The minimum atomic E-state index is 0.00711. The molecule has 0 aliphatic carbocycles. The summed E-state index contributed by atoms with van der Waals surface area (Å²) in [5, 5.41) is 3.32. The molecule has 106 valence electrons. The number of hydrogen-bond donors (Lipinski definition) is 0. The molecule has 0 radical (unpaired) electrons. The zero-order valence-corrected chi connectivity index (χ0v) is 13.8. The van der Waals surface area contributed by atoms with Crippen LogP contribution in [-0.2, 0) is 6.61 Å². The van der Waals surface area contributed by atoms with Gasteiger partial charge in [-0.3, -0.25) is 4.79 Å². The van der Waals surface area contributed by atoms with E-state index in [0.717, 1.165) is 10.0 Å². The number of thiophene rings is 1. The molecule has 0 spiro atoms. The Morgan fingerprint density at radius 2 is 2.05 bits per heavy atom. The highest BCUT2D eigenvalue weighted by atomic mass is 79.9. The summed E-state index contributed by atoms with van der Waals surface area (Å²) >= 11 is 5.12. The molecule has 1 aromatic heterocycles. The van der Waals surface area contributed by atoms with Crippen LogP contribution in [0.1, 0.15) is 22.8 Å². The van der Waals surface area contributed by atoms with Gasteiger partial charge in [0.05, 0.1) is 5.56 Å². The zero-order valence-electron chi connectivity index (χ0n) is 11.4. The quantitative estimate of drug-likeness (QED) is 0.578. The van der Waals surface area contributed by atoms with Crippen molar-refractivity contribution < 1.29 is 9.53 Å². The number of fused-ring (bicyclic) bond motifs is 1. The van der Waals surface area contributed by atoms with Crippen molar-refractivity contribution in [2.45, 2.75) is 13.5 Å². The van der Waals surface area contributed by atoms with E-state index in [2.05, 4.69) is 33.4 Å². The molecule has 0 fully saturated rings. The summed E-state index contributed by atoms with van der Waals surface area (Å²) < 4.78 is 8.04. The molecule has 0 aliphatic heterocycles. The molecule has 3 rings (SSSR count). The van der Waals surface area contributed by atoms with Crippen LogP contribution in [0, 0.1) is 0 Å². The fraction of sp³-hybridized carbons (Fsp3) is 0.118. The second-order valence-electron chi connectivity index (χ2n) is 4.74. The number of carbonyl (C=O) groups excluding carboxylic acids is 1. The molecule has 4 heteroatoms. The average Bonchev–Trinajstić information content (AvgIpc) is 2.88. The van der Waals surface area contributed by atoms with Crippen LogP contribution < -0.4 is 4.74 Å². The molecule has 2 aromatic carbocycles. The van der Waals surface area contributed by atoms with Crippen LogP contribution in [0.15, 0.2) is 52.3 Å². The smallest absolute Gasteiger partial charge is 0.163 e. The van der Waals surface area contributed by atoms with E-state index in [9.17, 15) is 4.79 Å². The molecular weight excluding hydrogens is 348 g/mol. The van der Waals surface area contributed by atoms with E-state index in [4.69, 9.17) is 4.74 Å². The Hall–Kier alpha value is -1.65. The molecule has 0 saturated heterocycles. The van der Waals surface area contributed by atoms with Gasteiger partial charge in [-0.15, -0.1) is 11.3 Å². The standard InChI is InChI=1S/C17H13BrO2S/c1-11(19)14-7-6-13(18)8-16(14)20-9-12-10-21-17-5-3-2-4-15(12)17/h2-8,10H,9H2,1H3. The number of rotatable bonds is 4. The highest BCUT2D eigenvalue weighted by Crippen LogP contribution is 2.29. The van der Waals surface area contributed by atoms with Gasteiger partial charge < -0.3 is 4.74 Å². The van der Waals surface area contributed by atoms with Gasteiger partial charge in [-0.1, -0.05) is 34.1 Å². The minimum Gasteiger partial charge on any atom is -0.488 e. The van der Waals surface area contributed by atoms with Crippen molar-refractivity contribution in [1.82, 2.24) is 0 Å². The van der Waals surface area contributed by atoms with Crippen LogP contribution in [0.5, 0.6) is 5.75 Å². The maximum absolute atomic E-state index is 11.7. The zero-order chi connectivity index (χ0) is 14.8. The highest BCUT2D eigenvalue weighted by Gasteiger charge is 2.10. The molecular formula is C17H13BrO2S. The monoisotopic (exact) mass is 360 g/mol. The Morgan fingerprint density at radius 3 is 2.86 bits per heavy atom. The normalized spacial score (nSPS) is 10.8. The molecule has 0 unspecified atom stereocenters. The van der Waals surface area contributed by atoms with Gasteiger partial charge in [-0.25, -0.2) is 0 Å². The van der Waals surface area contributed by atoms with Gasteiger partial charge in [0.25, 0.3) is 0 Å². The van der Waals surface area contributed by atoms with Crippen LogP contribution in [-0.4, -0.2) is 5.78 Å². The van der Waals surface area contributed by atoms with Gasteiger partial charge in [-0.05, 0) is 42.0 Å². The van der Waals surface area contributed by atoms with Crippen LogP contribution in [0.2, 0.25) is 0 Å². The number of hydrogen-bond acceptors (Lipinski definition) is 3. The van der Waals surface area contributed by atoms with Gasteiger partial charge in [0.2, 0.25) is 0 Å². The first kappa shape index (κ1) is 14.3. The van der Waals surface area contributed by atoms with Crippen molar-refractivity contribution in [3.8, 4) is 5.75 Å². The van der Waals surface area contributed by atoms with E-state index >= 15 is 0 Å². The van der Waals surface area contributed by atoms with Crippen molar-refractivity contribution in [2.75, 3.05) is 0 Å². The van der Waals surface area contributed by atoms with E-state index in [1.807, 2.05) is 24.3 Å². The lowest BCUT2D eigenvalue weighted by Gasteiger charge is -2.10. The first-order valence-corrected chi connectivity index (χ1v) is 8.21. The van der Waals surface area contributed by atoms with Crippen LogP contribution in [0.25, 0.3) is 10.1 Å². The number of ether oxygens (including phenoxy) is 1. The largest absolute Gasteiger partial charge is 0.488 e. The number of ketones is 1. The van der Waals surface area contributed by atoms with E-state index in [-0.39, 0.29) is 5.78 Å². The Labute approximate surface area is 135 Å². The lowest BCUT2D eigenvalue weighted by Crippen LogP contribution is -2.01. The summed E-state index contributed by atoms with van der Waals surface area (Å²) in [5.41, 5.74) is 1.75. The summed E-state index contributed by atoms with van der Waals surface area (Å²) in [4.78, 5) is 11.7. The topological polar surface area (TPSA) is 26.3 Å². The summed E-state index contributed by atoms with van der Waals surface area (Å²) in [5.74, 6) is 0.625. The van der Waals surface area contributed by atoms with Gasteiger partial charge in [0.1, 0.15) is 12.4 Å². The molecule has 21 heavy (non-hydrogen) atoms. The predicted octanol–water partition coefficient (Wildman–Crippen LogP) is 5.45. The van der Waals surface area contributed by atoms with Crippen LogP contribution in [0.3, 0.4) is 0 Å². The first-order chi connectivity index (χ1) is 10.1. The number of benzene rings is 2. The molecule has 0 aliphatic rings. The summed E-state index contributed by atoms with van der Waals surface area (Å²) in [6.07, 6.45) is 0. The predicted molar refractivity (Wildman–Crippen MR) is 90.3 cm³/mol. The fourth-order valence-electron chi connectivity index (χ4n) is 2.21. The molecule has 0 atom stereocenters. The molecule has 3 aromatic rings. The van der Waals surface area contributed by atoms with Crippen molar-refractivity contribution >= 4 is 43.1 Å². The molecule has 2 nitrogen and oxygen atoms in total. The van der Waals surface area contributed by atoms with Crippen molar-refractivity contribution in [3.63, 3.8) is 0 Å². The Bertz CT molecular complexity index is 807. The first-order valence-electron chi connectivity index (χ1n) is 6.53. The second kappa shape index (κ2) is 6.00. The molecule has 1 heterocycles. The molecule has 0 saturated carbocycles. The minimum absolute atomic E-state index is 0.00711. The van der Waals surface area contributed by atoms with Gasteiger partial charge >= 0.3 is 0 Å². The summed E-state index contributed by atoms with van der Waals surface area (Å²) in [6, 6.07) is 13.7. The maximum atomic E-state index is 11.7. The Balaban J connectivity index is 1.88. The highest BCUT2D eigenvalue weighted by molar-refractivity contribution is 9.10. The van der Waals surface area contributed by atoms with Crippen LogP contribution in [0.4, 0.5) is 0 Å². The van der Waals surface area contributed by atoms with Gasteiger partial charge in [0.15, 0.2) is 5.78 Å². The third-order valence-corrected chi connectivity index (χ3v) is 4.77. The molecule has 0 bridgehead atoms. The van der Waals surface area contributed by atoms with E-state index in [0.29, 0.717) is 17.9 Å². The van der Waals surface area contributed by atoms with Crippen molar-refractivity contribution in [2.24, 2.45) is 0 Å². The maximum Gasteiger partial charge on any atom is 0.163 e. The van der Waals surface area contributed by atoms with Crippen molar-refractivity contribution in [3.05, 3.63) is 63.4 Å².